The summed E-state index contributed by atoms with van der Waals surface area (Å²) in [7, 11) is 0. The van der Waals surface area contributed by atoms with E-state index in [0.717, 1.165) is 10.6 Å². The lowest BCUT2D eigenvalue weighted by Crippen LogP contribution is -2.41. The van der Waals surface area contributed by atoms with Gasteiger partial charge in [0.2, 0.25) is 5.91 Å². The van der Waals surface area contributed by atoms with Crippen molar-refractivity contribution < 1.29 is 14.3 Å². The first-order chi connectivity index (χ1) is 9.08. The van der Waals surface area contributed by atoms with Gasteiger partial charge in [-0.25, -0.2) is 4.79 Å². The molecule has 1 aromatic carbocycles. The highest BCUT2D eigenvalue weighted by atomic mass is 16.5. The van der Waals surface area contributed by atoms with Crippen LogP contribution in [0, 0.1) is 0 Å². The lowest BCUT2D eigenvalue weighted by atomic mass is 10.3. The Kier molecular flexibility index (Phi) is 5.81. The van der Waals surface area contributed by atoms with Gasteiger partial charge in [-0.05, 0) is 31.2 Å². The van der Waals surface area contributed by atoms with Crippen LogP contribution >= 0.6 is 0 Å². The molecule has 1 rings (SSSR count). The Morgan fingerprint density at radius 1 is 1.32 bits per heavy atom. The maximum Gasteiger partial charge on any atom is 0.328 e. The van der Waals surface area contributed by atoms with Crippen LogP contribution in [0.5, 0.6) is 5.75 Å². The zero-order valence-corrected chi connectivity index (χ0v) is 11.2. The molecule has 19 heavy (non-hydrogen) atoms. The number of benzene rings is 1. The average Bonchev–Trinajstić information content (AvgIpc) is 2.38. The Hall–Kier alpha value is -2.08. The number of ether oxygens (including phenoxy) is 1. The van der Waals surface area contributed by atoms with Crippen molar-refractivity contribution in [2.45, 2.75) is 13.8 Å². The molecule has 0 aliphatic carbocycles. The summed E-state index contributed by atoms with van der Waals surface area (Å²) < 4.78 is 5.30. The molecular formula is C13H19N3O3. The van der Waals surface area contributed by atoms with Gasteiger partial charge in [-0.3, -0.25) is 9.69 Å². The second-order valence-corrected chi connectivity index (χ2v) is 3.85. The molecule has 0 saturated heterocycles. The van der Waals surface area contributed by atoms with Crippen molar-refractivity contribution in [3.05, 3.63) is 24.3 Å². The second kappa shape index (κ2) is 7.38. The van der Waals surface area contributed by atoms with Crippen LogP contribution in [0.1, 0.15) is 13.8 Å². The van der Waals surface area contributed by atoms with Gasteiger partial charge in [-0.2, -0.15) is 0 Å². The summed E-state index contributed by atoms with van der Waals surface area (Å²) in [5, 5.41) is 2.63. The molecule has 6 heteroatoms. The monoisotopic (exact) mass is 265 g/mol. The molecule has 3 amide bonds. The molecular weight excluding hydrogens is 246 g/mol. The molecule has 0 fully saturated rings. The van der Waals surface area contributed by atoms with Crippen molar-refractivity contribution in [1.29, 1.82) is 0 Å². The maximum absolute atomic E-state index is 11.9. The largest absolute Gasteiger partial charge is 0.494 e. The van der Waals surface area contributed by atoms with Gasteiger partial charge in [0.1, 0.15) is 5.75 Å². The van der Waals surface area contributed by atoms with E-state index < -0.39 is 6.03 Å². The number of carbonyl (C=O) groups is 2. The number of hydrogen-bond acceptors (Lipinski definition) is 4. The van der Waals surface area contributed by atoms with E-state index in [2.05, 4.69) is 5.32 Å². The minimum Gasteiger partial charge on any atom is -0.494 e. The zero-order chi connectivity index (χ0) is 14.3. The number of hydrogen-bond donors (Lipinski definition) is 2. The standard InChI is InChI=1S/C13H19N3O3/c1-3-19-12-6-4-11(5-7-12)15-13(18)16(9-8-14)10(2)17/h4-7H,3,8-9,14H2,1-2H3,(H,15,18). The molecule has 104 valence electrons. The summed E-state index contributed by atoms with van der Waals surface area (Å²) >= 11 is 0. The summed E-state index contributed by atoms with van der Waals surface area (Å²) in [6, 6.07) is 6.44. The first kappa shape index (κ1) is 15.0. The SMILES string of the molecule is CCOc1ccc(NC(=O)N(CCN)C(C)=O)cc1. The second-order valence-electron chi connectivity index (χ2n) is 3.85. The molecule has 0 aromatic heterocycles. The fourth-order valence-corrected chi connectivity index (χ4v) is 1.52. The maximum atomic E-state index is 11.9. The lowest BCUT2D eigenvalue weighted by molar-refractivity contribution is -0.125. The van der Waals surface area contributed by atoms with Crippen LogP contribution in [0.3, 0.4) is 0 Å². The van der Waals surface area contributed by atoms with Crippen molar-refractivity contribution in [2.75, 3.05) is 25.0 Å². The highest BCUT2D eigenvalue weighted by Crippen LogP contribution is 2.16. The van der Waals surface area contributed by atoms with Gasteiger partial charge in [-0.1, -0.05) is 0 Å². The topological polar surface area (TPSA) is 84.7 Å². The van der Waals surface area contributed by atoms with Gasteiger partial charge in [-0.15, -0.1) is 0 Å². The van der Waals surface area contributed by atoms with Crippen molar-refractivity contribution in [1.82, 2.24) is 4.90 Å². The first-order valence-corrected chi connectivity index (χ1v) is 6.10. The third kappa shape index (κ3) is 4.59. The number of imide groups is 1. The van der Waals surface area contributed by atoms with Crippen LogP contribution < -0.4 is 15.8 Å². The molecule has 1 aromatic rings. The van der Waals surface area contributed by atoms with Crippen molar-refractivity contribution in [3.63, 3.8) is 0 Å². The van der Waals surface area contributed by atoms with Crippen LogP contribution in [0.4, 0.5) is 10.5 Å². The Labute approximate surface area is 112 Å². The third-order valence-corrected chi connectivity index (χ3v) is 2.39. The lowest BCUT2D eigenvalue weighted by Gasteiger charge is -2.18. The number of carbonyl (C=O) groups excluding carboxylic acids is 2. The summed E-state index contributed by atoms with van der Waals surface area (Å²) in [6.07, 6.45) is 0. The Balaban J connectivity index is 2.67. The Bertz CT molecular complexity index is 431. The van der Waals surface area contributed by atoms with Gasteiger partial charge in [0.25, 0.3) is 0 Å². The minimum atomic E-state index is -0.484. The quantitative estimate of drug-likeness (QED) is 0.843. The smallest absolute Gasteiger partial charge is 0.328 e. The van der Waals surface area contributed by atoms with Crippen LogP contribution in [-0.4, -0.2) is 36.5 Å². The molecule has 0 radical (unpaired) electrons. The van der Waals surface area contributed by atoms with E-state index in [9.17, 15) is 9.59 Å². The van der Waals surface area contributed by atoms with Crippen LogP contribution in [0.25, 0.3) is 0 Å². The molecule has 6 nitrogen and oxygen atoms in total. The third-order valence-electron chi connectivity index (χ3n) is 2.39. The fraction of sp³-hybridized carbons (Fsp3) is 0.385. The number of anilines is 1. The molecule has 0 aliphatic heterocycles. The molecule has 0 spiro atoms. The zero-order valence-electron chi connectivity index (χ0n) is 11.2. The minimum absolute atomic E-state index is 0.193. The van der Waals surface area contributed by atoms with E-state index in [1.165, 1.54) is 6.92 Å². The summed E-state index contributed by atoms with van der Waals surface area (Å²) in [4.78, 5) is 24.2. The molecule has 3 N–H and O–H groups in total. The van der Waals surface area contributed by atoms with Gasteiger partial charge in [0.05, 0.1) is 6.61 Å². The van der Waals surface area contributed by atoms with E-state index in [0.29, 0.717) is 12.3 Å². The van der Waals surface area contributed by atoms with Crippen LogP contribution in [-0.2, 0) is 4.79 Å². The molecule has 0 bridgehead atoms. The molecule has 0 saturated carbocycles. The number of nitrogens with zero attached hydrogens (tertiary/aromatic N) is 1. The molecule has 0 unspecified atom stereocenters. The van der Waals surface area contributed by atoms with Crippen LogP contribution in [0.2, 0.25) is 0 Å². The number of nitrogens with one attached hydrogen (secondary N) is 1. The van der Waals surface area contributed by atoms with E-state index in [1.807, 2.05) is 6.92 Å². The number of rotatable bonds is 5. The van der Waals surface area contributed by atoms with Gasteiger partial charge in [0.15, 0.2) is 0 Å². The highest BCUT2D eigenvalue weighted by molar-refractivity contribution is 6.00. The molecule has 0 heterocycles. The molecule has 0 atom stereocenters. The highest BCUT2D eigenvalue weighted by Gasteiger charge is 2.16. The number of urea groups is 1. The van der Waals surface area contributed by atoms with Gasteiger partial charge in [0, 0.05) is 25.7 Å². The van der Waals surface area contributed by atoms with Crippen molar-refractivity contribution in [2.24, 2.45) is 5.73 Å². The van der Waals surface area contributed by atoms with E-state index >= 15 is 0 Å². The predicted molar refractivity (Wildman–Crippen MR) is 73.1 cm³/mol. The summed E-state index contributed by atoms with van der Waals surface area (Å²) in [5.74, 6) is 0.389. The number of nitrogens with two attached hydrogens (primary N) is 1. The fourth-order valence-electron chi connectivity index (χ4n) is 1.52. The van der Waals surface area contributed by atoms with Gasteiger partial charge >= 0.3 is 6.03 Å². The normalized spacial score (nSPS) is 9.84. The van der Waals surface area contributed by atoms with E-state index in [-0.39, 0.29) is 19.0 Å². The van der Waals surface area contributed by atoms with Crippen LogP contribution in [0.15, 0.2) is 24.3 Å². The molecule has 0 aliphatic rings. The summed E-state index contributed by atoms with van der Waals surface area (Å²) in [6.45, 7) is 4.23. The summed E-state index contributed by atoms with van der Waals surface area (Å²) in [5.41, 5.74) is 5.96. The Morgan fingerprint density at radius 2 is 1.95 bits per heavy atom. The van der Waals surface area contributed by atoms with Crippen molar-refractivity contribution >= 4 is 17.6 Å². The number of amides is 3. The first-order valence-electron chi connectivity index (χ1n) is 6.10. The van der Waals surface area contributed by atoms with E-state index in [1.54, 1.807) is 24.3 Å². The average molecular weight is 265 g/mol. The van der Waals surface area contributed by atoms with E-state index in [4.69, 9.17) is 10.5 Å². The van der Waals surface area contributed by atoms with Crippen molar-refractivity contribution in [3.8, 4) is 5.75 Å². The van der Waals surface area contributed by atoms with Gasteiger partial charge < -0.3 is 15.8 Å². The Morgan fingerprint density at radius 3 is 2.42 bits per heavy atom. The predicted octanol–water partition coefficient (Wildman–Crippen LogP) is 1.42.